The average molecular weight is 286 g/mol. The molecule has 0 aliphatic heterocycles. The van der Waals surface area contributed by atoms with Gasteiger partial charge < -0.3 is 9.47 Å². The Morgan fingerprint density at radius 3 is 2.58 bits per heavy atom. The molecule has 0 spiro atoms. The zero-order chi connectivity index (χ0) is 14.3. The Bertz CT molecular complexity index is 395. The monoisotopic (exact) mass is 285 g/mol. The van der Waals surface area contributed by atoms with E-state index in [1.165, 1.54) is 0 Å². The van der Waals surface area contributed by atoms with Crippen LogP contribution in [0.2, 0.25) is 0 Å². The van der Waals surface area contributed by atoms with E-state index in [1.54, 1.807) is 6.92 Å². The van der Waals surface area contributed by atoms with Gasteiger partial charge in [0, 0.05) is 0 Å². The molecule has 1 aromatic carbocycles. The summed E-state index contributed by atoms with van der Waals surface area (Å²) in [5, 5.41) is 0. The van der Waals surface area contributed by atoms with Crippen molar-refractivity contribution in [2.75, 3.05) is 6.61 Å². The van der Waals surface area contributed by atoms with E-state index in [1.807, 2.05) is 44.2 Å². The number of nitrogens with one attached hydrogen (secondary N) is 1. The van der Waals surface area contributed by atoms with Crippen molar-refractivity contribution in [3.63, 3.8) is 0 Å². The lowest BCUT2D eigenvalue weighted by molar-refractivity contribution is -0.155. The minimum absolute atomic E-state index is 0.182. The van der Waals surface area contributed by atoms with Crippen molar-refractivity contribution >= 4 is 17.7 Å². The fourth-order valence-corrected chi connectivity index (χ4v) is 1.40. The highest BCUT2D eigenvalue weighted by Crippen LogP contribution is 2.14. The molecule has 4 nitrogen and oxygen atoms in total. The molecular weight excluding hydrogens is 266 g/mol. The number of carbonyl (C=O) groups is 1. The molecule has 0 saturated heterocycles. The van der Waals surface area contributed by atoms with Crippen molar-refractivity contribution < 1.29 is 14.3 Å². The molecule has 1 aromatic rings. The van der Waals surface area contributed by atoms with Crippen LogP contribution in [-0.4, -0.2) is 24.2 Å². The summed E-state index contributed by atoms with van der Waals surface area (Å²) in [6.07, 6.45) is 0. The number of esters is 1. The van der Waals surface area contributed by atoms with E-state index in [0.29, 0.717) is 6.61 Å². The molecule has 0 amide bonds. The first-order valence-corrected chi connectivity index (χ1v) is 6.53. The summed E-state index contributed by atoms with van der Waals surface area (Å²) in [6, 6.07) is 9.31. The predicted molar refractivity (Wildman–Crippen MR) is 74.7 cm³/mol. The fraction of sp³-hybridized carbons (Fsp3) is 0.500. The molecule has 0 aliphatic rings. The van der Waals surface area contributed by atoms with Crippen LogP contribution in [0, 0.1) is 0 Å². The smallest absolute Gasteiger partial charge is 0.324 e. The second kappa shape index (κ2) is 7.48. The van der Waals surface area contributed by atoms with Gasteiger partial charge in [-0.3, -0.25) is 4.79 Å². The number of hydrogen-bond acceptors (Lipinski definition) is 4. The van der Waals surface area contributed by atoms with Gasteiger partial charge in [-0.15, -0.1) is 0 Å². The summed E-state index contributed by atoms with van der Waals surface area (Å²) in [5.74, 6) is -0.397. The molecule has 1 rings (SSSR count). The van der Waals surface area contributed by atoms with Crippen LogP contribution in [0.15, 0.2) is 30.3 Å². The molecule has 1 N–H and O–H groups in total. The second-order valence-corrected chi connectivity index (χ2v) is 5.19. The molecule has 0 unspecified atom stereocenters. The van der Waals surface area contributed by atoms with Crippen molar-refractivity contribution in [2.45, 2.75) is 39.0 Å². The van der Waals surface area contributed by atoms with Crippen molar-refractivity contribution in [3.05, 3.63) is 35.9 Å². The summed E-state index contributed by atoms with van der Waals surface area (Å²) in [7, 11) is 0. The summed E-state index contributed by atoms with van der Waals surface area (Å²) in [6.45, 7) is 6.05. The number of halogens is 1. The van der Waals surface area contributed by atoms with Crippen molar-refractivity contribution in [1.29, 1.82) is 0 Å². The molecule has 0 radical (unpaired) electrons. The van der Waals surface area contributed by atoms with Gasteiger partial charge in [0.2, 0.25) is 0 Å². The van der Waals surface area contributed by atoms with E-state index in [9.17, 15) is 4.79 Å². The van der Waals surface area contributed by atoms with Gasteiger partial charge in [-0.2, -0.15) is 0 Å². The number of carbonyl (C=O) groups excluding carboxylic acids is 1. The van der Waals surface area contributed by atoms with Gasteiger partial charge in [-0.1, -0.05) is 30.3 Å². The summed E-state index contributed by atoms with van der Waals surface area (Å²) >= 11 is 5.36. The van der Waals surface area contributed by atoms with Gasteiger partial charge in [0.05, 0.1) is 12.2 Å². The maximum Gasteiger partial charge on any atom is 0.324 e. The first-order valence-electron chi connectivity index (χ1n) is 6.15. The largest absolute Gasteiger partial charge is 0.461 e. The van der Waals surface area contributed by atoms with Gasteiger partial charge in [0.15, 0.2) is 0 Å². The summed E-state index contributed by atoms with van der Waals surface area (Å²) in [5.41, 5.74) is 0.537. The zero-order valence-electron chi connectivity index (χ0n) is 11.5. The number of benzene rings is 1. The lowest BCUT2D eigenvalue weighted by atomic mass is 10.1. The maximum absolute atomic E-state index is 11.5. The minimum atomic E-state index is -0.544. The standard InChI is InChI=1S/C14H20ClNO3/c1-11(16-15)13(17)18-10-14(2,3)19-9-12-7-5-4-6-8-12/h4-8,11,16H,9-10H2,1-3H3/t11-/m0/s1. The molecule has 0 fully saturated rings. The predicted octanol–water partition coefficient (Wildman–Crippen LogP) is 2.66. The highest BCUT2D eigenvalue weighted by Gasteiger charge is 2.23. The molecule has 0 heterocycles. The second-order valence-electron chi connectivity index (χ2n) is 4.97. The third-order valence-electron chi connectivity index (χ3n) is 2.55. The van der Waals surface area contributed by atoms with Gasteiger partial charge >= 0.3 is 5.97 Å². The van der Waals surface area contributed by atoms with Gasteiger partial charge in [-0.05, 0) is 38.1 Å². The van der Waals surface area contributed by atoms with Gasteiger partial charge in [0.25, 0.3) is 0 Å². The maximum atomic E-state index is 11.5. The Morgan fingerprint density at radius 1 is 1.37 bits per heavy atom. The lowest BCUT2D eigenvalue weighted by Crippen LogP contribution is -2.36. The zero-order valence-corrected chi connectivity index (χ0v) is 12.2. The van der Waals surface area contributed by atoms with Crippen LogP contribution in [0.4, 0.5) is 0 Å². The first-order chi connectivity index (χ1) is 8.94. The Kier molecular flexibility index (Phi) is 6.28. The minimum Gasteiger partial charge on any atom is -0.461 e. The Morgan fingerprint density at radius 2 is 2.00 bits per heavy atom. The van der Waals surface area contributed by atoms with E-state index in [2.05, 4.69) is 4.84 Å². The highest BCUT2D eigenvalue weighted by molar-refractivity contribution is 6.14. The van der Waals surface area contributed by atoms with Crippen molar-refractivity contribution in [2.24, 2.45) is 0 Å². The van der Waals surface area contributed by atoms with E-state index in [0.717, 1.165) is 5.56 Å². The molecular formula is C14H20ClNO3. The van der Waals surface area contributed by atoms with Crippen LogP contribution in [0.5, 0.6) is 0 Å². The van der Waals surface area contributed by atoms with E-state index in [-0.39, 0.29) is 6.61 Å². The number of rotatable bonds is 7. The molecule has 5 heteroatoms. The van der Waals surface area contributed by atoms with Crippen molar-refractivity contribution in [1.82, 2.24) is 4.84 Å². The molecule has 0 aliphatic carbocycles. The first kappa shape index (κ1) is 16.0. The Balaban J connectivity index is 2.37. The Labute approximate surface area is 119 Å². The van der Waals surface area contributed by atoms with E-state index in [4.69, 9.17) is 21.3 Å². The number of hydrogen-bond donors (Lipinski definition) is 1. The topological polar surface area (TPSA) is 47.6 Å². The van der Waals surface area contributed by atoms with E-state index < -0.39 is 17.6 Å². The highest BCUT2D eigenvalue weighted by atomic mass is 35.5. The van der Waals surface area contributed by atoms with Crippen LogP contribution in [0.1, 0.15) is 26.3 Å². The van der Waals surface area contributed by atoms with Gasteiger partial charge in [-0.25, -0.2) is 4.84 Å². The SMILES string of the molecule is C[C@H](NCl)C(=O)OCC(C)(C)OCc1ccccc1. The quantitative estimate of drug-likeness (QED) is 0.618. The Hall–Kier alpha value is -1.10. The molecule has 106 valence electrons. The van der Waals surface area contributed by atoms with Gasteiger partial charge in [0.1, 0.15) is 12.6 Å². The third-order valence-corrected chi connectivity index (χ3v) is 2.88. The number of ether oxygens (including phenoxy) is 2. The molecule has 0 aromatic heterocycles. The molecule has 0 bridgehead atoms. The average Bonchev–Trinajstić information content (AvgIpc) is 2.43. The van der Waals surface area contributed by atoms with Crippen LogP contribution in [0.25, 0.3) is 0 Å². The normalized spacial score (nSPS) is 13.1. The summed E-state index contributed by atoms with van der Waals surface area (Å²) < 4.78 is 10.9. The molecule has 19 heavy (non-hydrogen) atoms. The van der Waals surface area contributed by atoms with Crippen LogP contribution in [0.3, 0.4) is 0 Å². The summed E-state index contributed by atoms with van der Waals surface area (Å²) in [4.78, 5) is 13.8. The van der Waals surface area contributed by atoms with Crippen LogP contribution >= 0.6 is 11.8 Å². The van der Waals surface area contributed by atoms with Crippen molar-refractivity contribution in [3.8, 4) is 0 Å². The third kappa shape index (κ3) is 6.05. The fourth-order valence-electron chi connectivity index (χ4n) is 1.31. The van der Waals surface area contributed by atoms with Crippen LogP contribution < -0.4 is 4.84 Å². The lowest BCUT2D eigenvalue weighted by Gasteiger charge is -2.25. The molecule has 0 saturated carbocycles. The van der Waals surface area contributed by atoms with E-state index >= 15 is 0 Å². The van der Waals surface area contributed by atoms with Crippen LogP contribution in [-0.2, 0) is 20.9 Å². The molecule has 1 atom stereocenters.